The maximum atomic E-state index is 8.69. The number of aromatic nitrogens is 4. The molecule has 0 aromatic carbocycles. The quantitative estimate of drug-likeness (QED) is 0.862. The Kier molecular flexibility index (Phi) is 3.34. The molecule has 8 heteroatoms. The molecule has 0 radical (unpaired) electrons. The Morgan fingerprint density at radius 3 is 3.12 bits per heavy atom. The lowest BCUT2D eigenvalue weighted by Gasteiger charge is -1.98. The molecule has 0 fully saturated rings. The molecule has 0 unspecified atom stereocenters. The number of hydrogen-bond acceptors (Lipinski definition) is 6. The van der Waals surface area contributed by atoms with Crippen molar-refractivity contribution in [3.05, 3.63) is 22.2 Å². The average molecular weight is 255 g/mol. The molecule has 0 amide bonds. The predicted molar refractivity (Wildman–Crippen MR) is 60.4 cm³/mol. The Balaban J connectivity index is 1.88. The molecule has 2 rings (SSSR count). The summed E-state index contributed by atoms with van der Waals surface area (Å²) in [6.45, 7) is 0.657. The van der Waals surface area contributed by atoms with Crippen LogP contribution in [0.15, 0.2) is 6.33 Å². The van der Waals surface area contributed by atoms with E-state index in [9.17, 15) is 0 Å². The molecular formula is C8H7ClN6S. The molecule has 0 aliphatic heterocycles. The smallest absolute Gasteiger partial charge is 0.185 e. The van der Waals surface area contributed by atoms with Gasteiger partial charge in [-0.25, -0.2) is 9.97 Å². The van der Waals surface area contributed by atoms with Crippen LogP contribution in [0.25, 0.3) is 0 Å². The maximum Gasteiger partial charge on any atom is 0.185 e. The molecule has 82 valence electrons. The number of nitrogens with one attached hydrogen (secondary N) is 2. The molecule has 16 heavy (non-hydrogen) atoms. The highest BCUT2D eigenvalue weighted by Crippen LogP contribution is 2.25. The second-order valence-electron chi connectivity index (χ2n) is 2.86. The fourth-order valence-electron chi connectivity index (χ4n) is 1.09. The number of aromatic amines is 1. The number of nitriles is 1. The van der Waals surface area contributed by atoms with Crippen molar-refractivity contribution in [3.63, 3.8) is 0 Å². The van der Waals surface area contributed by atoms with E-state index in [2.05, 4.69) is 25.5 Å². The monoisotopic (exact) mass is 254 g/mol. The van der Waals surface area contributed by atoms with Gasteiger partial charge in [-0.15, -0.1) is 0 Å². The predicted octanol–water partition coefficient (Wildman–Crippen LogP) is 1.44. The van der Waals surface area contributed by atoms with Crippen molar-refractivity contribution in [2.75, 3.05) is 11.9 Å². The van der Waals surface area contributed by atoms with Gasteiger partial charge in [0.2, 0.25) is 0 Å². The van der Waals surface area contributed by atoms with Gasteiger partial charge < -0.3 is 5.32 Å². The molecule has 2 heterocycles. The van der Waals surface area contributed by atoms with Gasteiger partial charge in [0.25, 0.3) is 0 Å². The van der Waals surface area contributed by atoms with Gasteiger partial charge in [-0.1, -0.05) is 22.9 Å². The van der Waals surface area contributed by atoms with Crippen molar-refractivity contribution in [1.82, 2.24) is 20.2 Å². The van der Waals surface area contributed by atoms with Crippen molar-refractivity contribution in [2.45, 2.75) is 6.42 Å². The zero-order chi connectivity index (χ0) is 11.4. The van der Waals surface area contributed by atoms with E-state index in [1.165, 1.54) is 17.7 Å². The Morgan fingerprint density at radius 2 is 2.50 bits per heavy atom. The standard InChI is InChI=1S/C8H7ClN6S/c9-7-5(3-10)16-8(14-7)11-2-1-6-12-4-13-15-6/h4H,1-2H2,(H,11,14)(H,12,13,15). The first-order valence-electron chi connectivity index (χ1n) is 4.44. The Labute approximate surface area is 100 Å². The summed E-state index contributed by atoms with van der Waals surface area (Å²) in [5.74, 6) is 0.802. The van der Waals surface area contributed by atoms with Crippen molar-refractivity contribution in [3.8, 4) is 6.07 Å². The molecule has 2 aromatic rings. The van der Waals surface area contributed by atoms with E-state index in [1.807, 2.05) is 6.07 Å². The summed E-state index contributed by atoms with van der Waals surface area (Å²) >= 11 is 6.97. The number of H-pyrrole nitrogens is 1. The van der Waals surface area contributed by atoms with Crippen molar-refractivity contribution < 1.29 is 0 Å². The minimum absolute atomic E-state index is 0.245. The first-order chi connectivity index (χ1) is 7.79. The summed E-state index contributed by atoms with van der Waals surface area (Å²) < 4.78 is 0. The molecule has 2 N–H and O–H groups in total. The number of halogens is 1. The van der Waals surface area contributed by atoms with Gasteiger partial charge >= 0.3 is 0 Å². The van der Waals surface area contributed by atoms with E-state index in [4.69, 9.17) is 16.9 Å². The lowest BCUT2D eigenvalue weighted by atomic mass is 10.4. The molecule has 0 bridgehead atoms. The Bertz CT molecular complexity index is 499. The van der Waals surface area contributed by atoms with Crippen LogP contribution >= 0.6 is 22.9 Å². The molecular weight excluding hydrogens is 248 g/mol. The Morgan fingerprint density at radius 1 is 1.62 bits per heavy atom. The van der Waals surface area contributed by atoms with Crippen LogP contribution in [0.5, 0.6) is 0 Å². The van der Waals surface area contributed by atoms with Crippen molar-refractivity contribution in [1.29, 1.82) is 5.26 Å². The minimum atomic E-state index is 0.245. The van der Waals surface area contributed by atoms with Crippen LogP contribution in [0.2, 0.25) is 5.15 Å². The first-order valence-corrected chi connectivity index (χ1v) is 5.63. The average Bonchev–Trinajstić information content (AvgIpc) is 2.88. The van der Waals surface area contributed by atoms with Crippen LogP contribution in [0.4, 0.5) is 5.13 Å². The van der Waals surface area contributed by atoms with Crippen molar-refractivity contribution >= 4 is 28.1 Å². The molecule has 0 aliphatic rings. The summed E-state index contributed by atoms with van der Waals surface area (Å²) in [6, 6.07) is 1.98. The zero-order valence-electron chi connectivity index (χ0n) is 8.07. The van der Waals surface area contributed by atoms with Crippen LogP contribution in [0.1, 0.15) is 10.7 Å². The van der Waals surface area contributed by atoms with Gasteiger partial charge in [-0.05, 0) is 0 Å². The topological polar surface area (TPSA) is 90.3 Å². The van der Waals surface area contributed by atoms with E-state index in [0.29, 0.717) is 23.0 Å². The van der Waals surface area contributed by atoms with E-state index >= 15 is 0 Å². The molecule has 0 saturated carbocycles. The van der Waals surface area contributed by atoms with Crippen LogP contribution in [0, 0.1) is 11.3 Å². The summed E-state index contributed by atoms with van der Waals surface area (Å²) in [6.07, 6.45) is 2.17. The minimum Gasteiger partial charge on any atom is -0.361 e. The van der Waals surface area contributed by atoms with Gasteiger partial charge in [0.1, 0.15) is 23.1 Å². The first kappa shape index (κ1) is 10.9. The van der Waals surface area contributed by atoms with Gasteiger partial charge in [0.15, 0.2) is 10.3 Å². The normalized spacial score (nSPS) is 10.0. The highest BCUT2D eigenvalue weighted by molar-refractivity contribution is 7.16. The second kappa shape index (κ2) is 4.92. The number of nitrogens with zero attached hydrogens (tertiary/aromatic N) is 4. The molecule has 0 atom stereocenters. The third-order valence-electron chi connectivity index (χ3n) is 1.79. The number of thiazole rings is 1. The fourth-order valence-corrected chi connectivity index (χ4v) is 2.06. The van der Waals surface area contributed by atoms with E-state index in [-0.39, 0.29) is 5.15 Å². The van der Waals surface area contributed by atoms with E-state index in [1.54, 1.807) is 0 Å². The molecule has 0 spiro atoms. The third kappa shape index (κ3) is 2.48. The number of hydrogen-bond donors (Lipinski definition) is 2. The molecule has 0 aliphatic carbocycles. The summed E-state index contributed by atoms with van der Waals surface area (Å²) in [5.41, 5.74) is 0. The van der Waals surface area contributed by atoms with Gasteiger partial charge in [0.05, 0.1) is 0 Å². The van der Waals surface area contributed by atoms with Crippen LogP contribution in [0.3, 0.4) is 0 Å². The number of anilines is 1. The SMILES string of the molecule is N#Cc1sc(NCCc2ncn[nH]2)nc1Cl. The van der Waals surface area contributed by atoms with E-state index < -0.39 is 0 Å². The zero-order valence-corrected chi connectivity index (χ0v) is 9.64. The number of rotatable bonds is 4. The van der Waals surface area contributed by atoms with E-state index in [0.717, 1.165) is 5.82 Å². The highest BCUT2D eigenvalue weighted by atomic mass is 35.5. The fraction of sp³-hybridized carbons (Fsp3) is 0.250. The van der Waals surface area contributed by atoms with Gasteiger partial charge in [-0.2, -0.15) is 10.4 Å². The van der Waals surface area contributed by atoms with Gasteiger partial charge in [0, 0.05) is 13.0 Å². The summed E-state index contributed by atoms with van der Waals surface area (Å²) in [5, 5.41) is 19.1. The van der Waals surface area contributed by atoms with Crippen LogP contribution in [-0.2, 0) is 6.42 Å². The van der Waals surface area contributed by atoms with Gasteiger partial charge in [-0.3, -0.25) is 5.10 Å². The lowest BCUT2D eigenvalue weighted by molar-refractivity contribution is 0.900. The molecule has 0 saturated heterocycles. The second-order valence-corrected chi connectivity index (χ2v) is 4.22. The maximum absolute atomic E-state index is 8.69. The Hall–Kier alpha value is -1.65. The highest BCUT2D eigenvalue weighted by Gasteiger charge is 2.07. The lowest BCUT2D eigenvalue weighted by Crippen LogP contribution is -2.05. The summed E-state index contributed by atoms with van der Waals surface area (Å²) in [7, 11) is 0. The van der Waals surface area contributed by atoms with Crippen molar-refractivity contribution in [2.24, 2.45) is 0 Å². The molecule has 2 aromatic heterocycles. The molecule has 6 nitrogen and oxygen atoms in total. The third-order valence-corrected chi connectivity index (χ3v) is 3.09. The summed E-state index contributed by atoms with van der Waals surface area (Å²) in [4.78, 5) is 8.41. The van der Waals surface area contributed by atoms with Crippen LogP contribution < -0.4 is 5.32 Å². The largest absolute Gasteiger partial charge is 0.361 e. The van der Waals surface area contributed by atoms with Crippen LogP contribution in [-0.4, -0.2) is 26.7 Å².